The van der Waals surface area contributed by atoms with E-state index >= 15 is 0 Å². The highest BCUT2D eigenvalue weighted by molar-refractivity contribution is 5.57. The van der Waals surface area contributed by atoms with Gasteiger partial charge in [-0.25, -0.2) is 9.98 Å². The minimum absolute atomic E-state index is 0.606. The van der Waals surface area contributed by atoms with Crippen LogP contribution in [0.15, 0.2) is 11.2 Å². The first-order valence-corrected chi connectivity index (χ1v) is 2.98. The molecule has 0 N–H and O–H groups in total. The fraction of sp³-hybridized carbons (Fsp3) is 0.333. The lowest BCUT2D eigenvalue weighted by atomic mass is 10.6. The third-order valence-corrected chi connectivity index (χ3v) is 0.913. The van der Waals surface area contributed by atoms with E-state index in [9.17, 15) is 0 Å². The first-order chi connectivity index (χ1) is 4.83. The second-order valence-electron chi connectivity index (χ2n) is 1.75. The Labute approximate surface area is 59.0 Å². The Hall–Kier alpha value is -1.32. The SMILES string of the molecule is CC=Nc1cnnc(C)n1. The largest absolute Gasteiger partial charge is 0.240 e. The van der Waals surface area contributed by atoms with Crippen molar-refractivity contribution in [3.05, 3.63) is 12.0 Å². The summed E-state index contributed by atoms with van der Waals surface area (Å²) in [5, 5.41) is 7.36. The van der Waals surface area contributed by atoms with Gasteiger partial charge in [-0.2, -0.15) is 5.10 Å². The van der Waals surface area contributed by atoms with Crippen molar-refractivity contribution in [1.29, 1.82) is 0 Å². The molecule has 0 spiro atoms. The molecule has 0 unspecified atom stereocenters. The Kier molecular flexibility index (Phi) is 2.04. The summed E-state index contributed by atoms with van der Waals surface area (Å²) < 4.78 is 0. The highest BCUT2D eigenvalue weighted by atomic mass is 15.2. The molecule has 0 aromatic carbocycles. The zero-order valence-corrected chi connectivity index (χ0v) is 5.94. The van der Waals surface area contributed by atoms with E-state index in [1.165, 1.54) is 6.20 Å². The predicted octanol–water partition coefficient (Wildman–Crippen LogP) is 0.902. The number of rotatable bonds is 1. The molecule has 0 radical (unpaired) electrons. The van der Waals surface area contributed by atoms with Crippen LogP contribution in [0.4, 0.5) is 5.82 Å². The van der Waals surface area contributed by atoms with Crippen LogP contribution in [0.2, 0.25) is 0 Å². The lowest BCUT2D eigenvalue weighted by Crippen LogP contribution is -1.88. The van der Waals surface area contributed by atoms with E-state index in [0.29, 0.717) is 11.6 Å². The predicted molar refractivity (Wildman–Crippen MR) is 38.4 cm³/mol. The number of nitrogens with zero attached hydrogens (tertiary/aromatic N) is 4. The van der Waals surface area contributed by atoms with Crippen molar-refractivity contribution >= 4 is 12.0 Å². The van der Waals surface area contributed by atoms with Crippen LogP contribution in [0.3, 0.4) is 0 Å². The molecule has 10 heavy (non-hydrogen) atoms. The van der Waals surface area contributed by atoms with Gasteiger partial charge in [0.2, 0.25) is 0 Å². The maximum absolute atomic E-state index is 3.99. The fourth-order valence-corrected chi connectivity index (χ4v) is 0.576. The highest BCUT2D eigenvalue weighted by Gasteiger charge is 1.89. The normalized spacial score (nSPS) is 10.6. The minimum atomic E-state index is 0.606. The fourth-order valence-electron chi connectivity index (χ4n) is 0.576. The van der Waals surface area contributed by atoms with E-state index in [-0.39, 0.29) is 0 Å². The van der Waals surface area contributed by atoms with Gasteiger partial charge in [0.25, 0.3) is 0 Å². The van der Waals surface area contributed by atoms with Gasteiger partial charge in [0, 0.05) is 6.21 Å². The smallest absolute Gasteiger partial charge is 0.174 e. The van der Waals surface area contributed by atoms with Gasteiger partial charge in [0.05, 0.1) is 6.20 Å². The molecule has 0 aliphatic rings. The summed E-state index contributed by atoms with van der Waals surface area (Å²) in [5.41, 5.74) is 0. The van der Waals surface area contributed by atoms with Crippen molar-refractivity contribution in [3.63, 3.8) is 0 Å². The molecule has 0 aliphatic heterocycles. The van der Waals surface area contributed by atoms with Gasteiger partial charge in [-0.1, -0.05) is 0 Å². The van der Waals surface area contributed by atoms with Crippen LogP contribution in [0.5, 0.6) is 0 Å². The lowest BCUT2D eigenvalue weighted by molar-refractivity contribution is 0.907. The molecule has 1 aromatic rings. The first-order valence-electron chi connectivity index (χ1n) is 2.98. The molecule has 0 amide bonds. The summed E-state index contributed by atoms with van der Waals surface area (Å²) in [6.45, 7) is 3.61. The standard InChI is InChI=1S/C6H8N4/c1-3-7-6-4-8-10-5(2)9-6/h3-4H,1-2H3. The molecule has 1 rings (SSSR count). The third-order valence-electron chi connectivity index (χ3n) is 0.913. The van der Waals surface area contributed by atoms with Crippen LogP contribution in [-0.4, -0.2) is 21.4 Å². The second kappa shape index (κ2) is 3.00. The van der Waals surface area contributed by atoms with Crippen molar-refractivity contribution in [3.8, 4) is 0 Å². The highest BCUT2D eigenvalue weighted by Crippen LogP contribution is 2.01. The van der Waals surface area contributed by atoms with Gasteiger partial charge in [-0.15, -0.1) is 5.10 Å². The summed E-state index contributed by atoms with van der Waals surface area (Å²) in [6.07, 6.45) is 3.19. The Morgan fingerprint density at radius 2 is 2.40 bits per heavy atom. The average Bonchev–Trinajstić information content (AvgIpc) is 1.88. The van der Waals surface area contributed by atoms with Crippen molar-refractivity contribution in [2.45, 2.75) is 13.8 Å². The van der Waals surface area contributed by atoms with Crippen LogP contribution in [-0.2, 0) is 0 Å². The molecule has 0 fully saturated rings. The molecule has 1 aromatic heterocycles. The van der Waals surface area contributed by atoms with E-state index in [1.807, 2.05) is 6.92 Å². The van der Waals surface area contributed by atoms with Gasteiger partial charge in [0.1, 0.15) is 5.82 Å². The summed E-state index contributed by atoms with van der Waals surface area (Å²) in [7, 11) is 0. The van der Waals surface area contributed by atoms with Gasteiger partial charge in [-0.3, -0.25) is 0 Å². The summed E-state index contributed by atoms with van der Waals surface area (Å²) in [4.78, 5) is 7.92. The topological polar surface area (TPSA) is 51.0 Å². The molecule has 1 heterocycles. The third kappa shape index (κ3) is 1.58. The summed E-state index contributed by atoms with van der Waals surface area (Å²) in [6, 6.07) is 0. The first kappa shape index (κ1) is 6.80. The Bertz CT molecular complexity index is 243. The number of aryl methyl sites for hydroxylation is 1. The van der Waals surface area contributed by atoms with Gasteiger partial charge in [0.15, 0.2) is 5.82 Å². The Balaban J connectivity index is 2.95. The zero-order valence-electron chi connectivity index (χ0n) is 5.94. The van der Waals surface area contributed by atoms with Crippen LogP contribution in [0.1, 0.15) is 12.7 Å². The average molecular weight is 136 g/mol. The van der Waals surface area contributed by atoms with Crippen molar-refractivity contribution in [2.24, 2.45) is 4.99 Å². The second-order valence-corrected chi connectivity index (χ2v) is 1.75. The van der Waals surface area contributed by atoms with Crippen LogP contribution >= 0.6 is 0 Å². The number of hydrogen-bond acceptors (Lipinski definition) is 4. The summed E-state index contributed by atoms with van der Waals surface area (Å²) in [5.74, 6) is 1.25. The summed E-state index contributed by atoms with van der Waals surface area (Å²) >= 11 is 0. The van der Waals surface area contributed by atoms with E-state index in [2.05, 4.69) is 20.2 Å². The monoisotopic (exact) mass is 136 g/mol. The van der Waals surface area contributed by atoms with Gasteiger partial charge in [-0.05, 0) is 13.8 Å². The van der Waals surface area contributed by atoms with Gasteiger partial charge < -0.3 is 0 Å². The molecular formula is C6H8N4. The number of aromatic nitrogens is 3. The van der Waals surface area contributed by atoms with Crippen molar-refractivity contribution in [1.82, 2.24) is 15.2 Å². The maximum atomic E-state index is 3.99. The van der Waals surface area contributed by atoms with E-state index < -0.39 is 0 Å². The molecule has 0 atom stereocenters. The quantitative estimate of drug-likeness (QED) is 0.539. The van der Waals surface area contributed by atoms with Crippen LogP contribution in [0, 0.1) is 6.92 Å². The molecule has 52 valence electrons. The molecule has 0 saturated heterocycles. The molecule has 4 nitrogen and oxygen atoms in total. The van der Waals surface area contributed by atoms with Crippen LogP contribution < -0.4 is 0 Å². The maximum Gasteiger partial charge on any atom is 0.174 e. The molecular weight excluding hydrogens is 128 g/mol. The minimum Gasteiger partial charge on any atom is -0.240 e. The van der Waals surface area contributed by atoms with Gasteiger partial charge >= 0.3 is 0 Å². The number of aliphatic imine (C=N–C) groups is 1. The van der Waals surface area contributed by atoms with E-state index in [4.69, 9.17) is 0 Å². The Morgan fingerprint density at radius 1 is 1.60 bits per heavy atom. The lowest BCUT2D eigenvalue weighted by Gasteiger charge is -1.89. The zero-order chi connectivity index (χ0) is 7.40. The molecule has 0 saturated carbocycles. The van der Waals surface area contributed by atoms with Crippen molar-refractivity contribution in [2.75, 3.05) is 0 Å². The van der Waals surface area contributed by atoms with Crippen LogP contribution in [0.25, 0.3) is 0 Å². The van der Waals surface area contributed by atoms with Crippen molar-refractivity contribution < 1.29 is 0 Å². The molecule has 0 aliphatic carbocycles. The van der Waals surface area contributed by atoms with E-state index in [1.54, 1.807) is 13.1 Å². The number of hydrogen-bond donors (Lipinski definition) is 0. The van der Waals surface area contributed by atoms with E-state index in [0.717, 1.165) is 0 Å². The molecule has 0 bridgehead atoms. The molecule has 4 heteroatoms. The Morgan fingerprint density at radius 3 is 3.00 bits per heavy atom.